The number of aromatic nitrogens is 1. The third-order valence-electron chi connectivity index (χ3n) is 4.41. The van der Waals surface area contributed by atoms with Gasteiger partial charge in [-0.15, -0.1) is 0 Å². The van der Waals surface area contributed by atoms with E-state index in [0.717, 1.165) is 6.07 Å². The molecule has 174 valence electrons. The molecule has 0 radical (unpaired) electrons. The zero-order valence-electron chi connectivity index (χ0n) is 17.7. The fourth-order valence-corrected chi connectivity index (χ4v) is 2.90. The summed E-state index contributed by atoms with van der Waals surface area (Å²) in [7, 11) is 1.52. The number of hydrogen-bond donors (Lipinski definition) is 3. The number of primary amides is 1. The molecule has 1 heterocycles. The van der Waals surface area contributed by atoms with E-state index in [2.05, 4.69) is 15.6 Å². The number of halogens is 2. The predicted molar refractivity (Wildman–Crippen MR) is 117 cm³/mol. The van der Waals surface area contributed by atoms with Gasteiger partial charge in [0.25, 0.3) is 5.91 Å². The lowest BCUT2D eigenvalue weighted by Gasteiger charge is -2.14. The van der Waals surface area contributed by atoms with Crippen LogP contribution in [0.25, 0.3) is 10.9 Å². The molecule has 3 aromatic rings. The van der Waals surface area contributed by atoms with Gasteiger partial charge in [-0.2, -0.15) is 0 Å². The number of rotatable bonds is 10. The van der Waals surface area contributed by atoms with Crippen molar-refractivity contribution >= 4 is 28.5 Å². The quantitative estimate of drug-likeness (QED) is 0.399. The van der Waals surface area contributed by atoms with E-state index >= 15 is 0 Å². The Bertz CT molecular complexity index is 1160. The number of pyridine rings is 1. The number of hydrogen-bond acceptors (Lipinski definition) is 6. The Morgan fingerprint density at radius 3 is 2.64 bits per heavy atom. The van der Waals surface area contributed by atoms with E-state index in [4.69, 9.17) is 19.9 Å². The fraction of sp³-hybridized carbons (Fsp3) is 0.227. The molecule has 2 aromatic carbocycles. The van der Waals surface area contributed by atoms with E-state index in [1.54, 1.807) is 12.1 Å². The van der Waals surface area contributed by atoms with E-state index in [9.17, 15) is 18.4 Å². The fourth-order valence-electron chi connectivity index (χ4n) is 2.90. The number of amides is 3. The maximum absolute atomic E-state index is 14.4. The minimum Gasteiger partial charge on any atom is -0.490 e. The van der Waals surface area contributed by atoms with Gasteiger partial charge in [0.2, 0.25) is 0 Å². The normalized spacial score (nSPS) is 10.6. The zero-order valence-corrected chi connectivity index (χ0v) is 17.7. The van der Waals surface area contributed by atoms with Gasteiger partial charge in [0, 0.05) is 37.4 Å². The Kier molecular flexibility index (Phi) is 7.92. The number of ether oxygens (including phenoxy) is 3. The van der Waals surface area contributed by atoms with Crippen molar-refractivity contribution < 1.29 is 32.6 Å². The van der Waals surface area contributed by atoms with Crippen LogP contribution in [-0.4, -0.2) is 50.5 Å². The number of carbonyl (C=O) groups is 2. The maximum atomic E-state index is 14.4. The standard InChI is InChI=1S/C22H22F2N4O5/c1-31-8-9-32-20-12-18-14(11-15(20)21(25)29)19(4-6-26-18)33-13-2-3-17(16(24)10-13)28-22(30)27-7-5-23/h2-4,6,10-12H,5,7-9H2,1H3,(H2,25,29)(H2,27,28,30). The Labute approximate surface area is 187 Å². The first-order valence-corrected chi connectivity index (χ1v) is 9.85. The second-order valence-electron chi connectivity index (χ2n) is 6.69. The molecule has 1 aromatic heterocycles. The molecule has 0 saturated carbocycles. The van der Waals surface area contributed by atoms with E-state index in [1.807, 2.05) is 0 Å². The largest absolute Gasteiger partial charge is 0.490 e. The number of methoxy groups -OCH3 is 1. The summed E-state index contributed by atoms with van der Waals surface area (Å²) in [4.78, 5) is 27.8. The Balaban J connectivity index is 1.86. The van der Waals surface area contributed by atoms with Gasteiger partial charge in [0.05, 0.1) is 23.4 Å². The predicted octanol–water partition coefficient (Wildman–Crippen LogP) is 3.38. The lowest BCUT2D eigenvalue weighted by molar-refractivity contribution is 0.0992. The highest BCUT2D eigenvalue weighted by atomic mass is 19.1. The van der Waals surface area contributed by atoms with Crippen molar-refractivity contribution in [2.45, 2.75) is 0 Å². The van der Waals surface area contributed by atoms with Gasteiger partial charge in [0.1, 0.15) is 36.3 Å². The third-order valence-corrected chi connectivity index (χ3v) is 4.41. The number of nitrogens with one attached hydrogen (secondary N) is 2. The number of urea groups is 1. The molecule has 3 amide bonds. The minimum atomic E-state index is -0.757. The van der Waals surface area contributed by atoms with Crippen LogP contribution in [-0.2, 0) is 4.74 Å². The molecular weight excluding hydrogens is 438 g/mol. The molecule has 0 spiro atoms. The topological polar surface area (TPSA) is 125 Å². The van der Waals surface area contributed by atoms with Crippen molar-refractivity contribution in [3.8, 4) is 17.2 Å². The summed E-state index contributed by atoms with van der Waals surface area (Å²) in [6, 6.07) is 7.69. The average molecular weight is 460 g/mol. The molecule has 0 aliphatic heterocycles. The molecule has 0 aliphatic rings. The monoisotopic (exact) mass is 460 g/mol. The van der Waals surface area contributed by atoms with Gasteiger partial charge in [-0.3, -0.25) is 9.78 Å². The number of alkyl halides is 1. The molecule has 3 rings (SSSR count). The SMILES string of the molecule is COCCOc1cc2nccc(Oc3ccc(NC(=O)NCCF)c(F)c3)c2cc1C(N)=O. The molecule has 33 heavy (non-hydrogen) atoms. The van der Waals surface area contributed by atoms with Crippen molar-refractivity contribution in [3.63, 3.8) is 0 Å². The molecule has 0 unspecified atom stereocenters. The smallest absolute Gasteiger partial charge is 0.319 e. The zero-order chi connectivity index (χ0) is 23.8. The summed E-state index contributed by atoms with van der Waals surface area (Å²) < 4.78 is 42.9. The van der Waals surface area contributed by atoms with Gasteiger partial charge >= 0.3 is 6.03 Å². The van der Waals surface area contributed by atoms with Crippen LogP contribution in [0.2, 0.25) is 0 Å². The van der Waals surface area contributed by atoms with Crippen LogP contribution in [0.5, 0.6) is 17.2 Å². The van der Waals surface area contributed by atoms with Crippen molar-refractivity contribution in [2.24, 2.45) is 5.73 Å². The van der Waals surface area contributed by atoms with Gasteiger partial charge in [-0.1, -0.05) is 0 Å². The highest BCUT2D eigenvalue weighted by molar-refractivity contribution is 6.01. The molecule has 0 saturated heterocycles. The second kappa shape index (κ2) is 11.0. The molecule has 0 atom stereocenters. The van der Waals surface area contributed by atoms with E-state index in [0.29, 0.717) is 23.3 Å². The van der Waals surface area contributed by atoms with E-state index in [1.165, 1.54) is 31.5 Å². The van der Waals surface area contributed by atoms with Crippen molar-refractivity contribution in [1.29, 1.82) is 0 Å². The highest BCUT2D eigenvalue weighted by Gasteiger charge is 2.16. The number of nitrogens with zero attached hydrogens (tertiary/aromatic N) is 1. The van der Waals surface area contributed by atoms with Crippen LogP contribution in [0.15, 0.2) is 42.6 Å². The van der Waals surface area contributed by atoms with Crippen molar-refractivity contribution in [2.75, 3.05) is 38.9 Å². The van der Waals surface area contributed by atoms with E-state index < -0.39 is 24.4 Å². The van der Waals surface area contributed by atoms with Gasteiger partial charge in [-0.25, -0.2) is 13.6 Å². The average Bonchev–Trinajstić information content (AvgIpc) is 2.79. The Morgan fingerprint density at radius 1 is 1.12 bits per heavy atom. The lowest BCUT2D eigenvalue weighted by Crippen LogP contribution is -2.30. The minimum absolute atomic E-state index is 0.104. The maximum Gasteiger partial charge on any atom is 0.319 e. The number of fused-ring (bicyclic) bond motifs is 1. The van der Waals surface area contributed by atoms with E-state index in [-0.39, 0.29) is 35.9 Å². The molecule has 9 nitrogen and oxygen atoms in total. The Morgan fingerprint density at radius 2 is 1.94 bits per heavy atom. The molecule has 0 fully saturated rings. The van der Waals surface area contributed by atoms with Gasteiger partial charge in [0.15, 0.2) is 0 Å². The number of benzene rings is 2. The van der Waals surface area contributed by atoms with Crippen LogP contribution in [0.4, 0.5) is 19.3 Å². The first kappa shape index (κ1) is 23.7. The number of anilines is 1. The van der Waals surface area contributed by atoms with Crippen LogP contribution in [0, 0.1) is 5.82 Å². The van der Waals surface area contributed by atoms with Crippen molar-refractivity contribution in [3.05, 3.63) is 54.0 Å². The number of carbonyl (C=O) groups excluding carboxylic acids is 2. The van der Waals surface area contributed by atoms with Crippen LogP contribution in [0.1, 0.15) is 10.4 Å². The molecule has 11 heteroatoms. The first-order chi connectivity index (χ1) is 15.9. The van der Waals surface area contributed by atoms with Crippen LogP contribution >= 0.6 is 0 Å². The summed E-state index contributed by atoms with van der Waals surface area (Å²) in [5.74, 6) is -0.772. The summed E-state index contributed by atoms with van der Waals surface area (Å²) in [6.45, 7) is -0.387. The molecular formula is C22H22F2N4O5. The summed E-state index contributed by atoms with van der Waals surface area (Å²) in [5, 5.41) is 4.97. The van der Waals surface area contributed by atoms with Gasteiger partial charge in [-0.05, 0) is 24.3 Å². The third kappa shape index (κ3) is 6.04. The molecule has 0 bridgehead atoms. The first-order valence-electron chi connectivity index (χ1n) is 9.85. The molecule has 0 aliphatic carbocycles. The Hall–Kier alpha value is -3.99. The lowest BCUT2D eigenvalue weighted by atomic mass is 10.1. The highest BCUT2D eigenvalue weighted by Crippen LogP contribution is 2.34. The van der Waals surface area contributed by atoms with Crippen LogP contribution in [0.3, 0.4) is 0 Å². The number of nitrogens with two attached hydrogens (primary N) is 1. The summed E-state index contributed by atoms with van der Waals surface area (Å²) in [6.07, 6.45) is 1.49. The van der Waals surface area contributed by atoms with Crippen molar-refractivity contribution in [1.82, 2.24) is 10.3 Å². The molecule has 4 N–H and O–H groups in total. The summed E-state index contributed by atoms with van der Waals surface area (Å²) >= 11 is 0. The second-order valence-corrected chi connectivity index (χ2v) is 6.69. The van der Waals surface area contributed by atoms with Gasteiger partial charge < -0.3 is 30.6 Å². The van der Waals surface area contributed by atoms with Crippen LogP contribution < -0.4 is 25.8 Å². The summed E-state index contributed by atoms with van der Waals surface area (Å²) in [5.41, 5.74) is 5.99.